The standard InChI is InChI=1S/C14H18F2N2O4S/c1-17(22-2)14(19)10-5-7-18(8-6-10)23(20,21)11-3-4-12(15)13(16)9-11/h3-4,9-10H,5-8H2,1-2H3. The van der Waals surface area contributed by atoms with Gasteiger partial charge in [0.05, 0.1) is 12.0 Å². The summed E-state index contributed by atoms with van der Waals surface area (Å²) >= 11 is 0. The number of piperidine rings is 1. The molecule has 6 nitrogen and oxygen atoms in total. The zero-order valence-corrected chi connectivity index (χ0v) is 13.6. The predicted molar refractivity (Wildman–Crippen MR) is 77.6 cm³/mol. The molecule has 2 rings (SSSR count). The molecule has 1 heterocycles. The molecule has 1 aromatic carbocycles. The molecule has 0 bridgehead atoms. The van der Waals surface area contributed by atoms with Crippen LogP contribution in [0.3, 0.4) is 0 Å². The molecule has 0 N–H and O–H groups in total. The maximum Gasteiger partial charge on any atom is 0.249 e. The molecule has 0 spiro atoms. The number of carbonyl (C=O) groups is 1. The Hall–Kier alpha value is -1.58. The molecule has 0 radical (unpaired) electrons. The summed E-state index contributed by atoms with van der Waals surface area (Å²) in [6, 6.07) is 2.48. The van der Waals surface area contributed by atoms with Crippen molar-refractivity contribution in [2.45, 2.75) is 17.7 Å². The van der Waals surface area contributed by atoms with Crippen LogP contribution in [0.1, 0.15) is 12.8 Å². The molecule has 1 aromatic rings. The number of benzene rings is 1. The highest BCUT2D eigenvalue weighted by Gasteiger charge is 2.33. The lowest BCUT2D eigenvalue weighted by atomic mass is 9.97. The SMILES string of the molecule is CON(C)C(=O)C1CCN(S(=O)(=O)c2ccc(F)c(F)c2)CC1. The van der Waals surface area contributed by atoms with Gasteiger partial charge in [-0.3, -0.25) is 9.63 Å². The maximum atomic E-state index is 13.3. The normalized spacial score (nSPS) is 17.2. The van der Waals surface area contributed by atoms with E-state index in [0.29, 0.717) is 18.9 Å². The van der Waals surface area contributed by atoms with Crippen LogP contribution in [0.5, 0.6) is 0 Å². The zero-order chi connectivity index (χ0) is 17.2. The Kier molecular flexibility index (Phi) is 5.33. The highest BCUT2D eigenvalue weighted by Crippen LogP contribution is 2.25. The van der Waals surface area contributed by atoms with Crippen molar-refractivity contribution in [3.63, 3.8) is 0 Å². The molecule has 23 heavy (non-hydrogen) atoms. The van der Waals surface area contributed by atoms with Crippen LogP contribution in [0.15, 0.2) is 23.1 Å². The van der Waals surface area contributed by atoms with Gasteiger partial charge in [0.2, 0.25) is 15.9 Å². The minimum absolute atomic E-state index is 0.134. The van der Waals surface area contributed by atoms with E-state index in [1.54, 1.807) is 0 Å². The molecule has 1 aliphatic rings. The lowest BCUT2D eigenvalue weighted by Crippen LogP contribution is -2.43. The van der Waals surface area contributed by atoms with Crippen molar-refractivity contribution in [1.29, 1.82) is 0 Å². The van der Waals surface area contributed by atoms with E-state index < -0.39 is 21.7 Å². The fourth-order valence-corrected chi connectivity index (χ4v) is 3.96. The first-order valence-electron chi connectivity index (χ1n) is 7.04. The van der Waals surface area contributed by atoms with E-state index in [-0.39, 0.29) is 29.8 Å². The Bertz CT molecular complexity index is 688. The summed E-state index contributed by atoms with van der Waals surface area (Å²) in [7, 11) is -1.04. The van der Waals surface area contributed by atoms with Crippen LogP contribution in [0, 0.1) is 17.6 Å². The third kappa shape index (κ3) is 3.67. The largest absolute Gasteiger partial charge is 0.275 e. The van der Waals surface area contributed by atoms with Gasteiger partial charge < -0.3 is 0 Å². The Morgan fingerprint density at radius 1 is 1.26 bits per heavy atom. The van der Waals surface area contributed by atoms with Crippen LogP contribution in [-0.2, 0) is 19.7 Å². The summed E-state index contributed by atoms with van der Waals surface area (Å²) < 4.78 is 52.2. The fraction of sp³-hybridized carbons (Fsp3) is 0.500. The second kappa shape index (κ2) is 6.90. The summed E-state index contributed by atoms with van der Waals surface area (Å²) in [4.78, 5) is 16.5. The number of sulfonamides is 1. The average molecular weight is 348 g/mol. The quantitative estimate of drug-likeness (QED) is 0.771. The fourth-order valence-electron chi connectivity index (χ4n) is 2.48. The van der Waals surface area contributed by atoms with Crippen LogP contribution >= 0.6 is 0 Å². The van der Waals surface area contributed by atoms with Crippen LogP contribution < -0.4 is 0 Å². The van der Waals surface area contributed by atoms with Crippen molar-refractivity contribution < 1.29 is 26.8 Å². The van der Waals surface area contributed by atoms with Gasteiger partial charge >= 0.3 is 0 Å². The number of rotatable bonds is 4. The van der Waals surface area contributed by atoms with E-state index in [0.717, 1.165) is 17.2 Å². The van der Waals surface area contributed by atoms with Crippen molar-refractivity contribution in [1.82, 2.24) is 9.37 Å². The van der Waals surface area contributed by atoms with Gasteiger partial charge in [0.15, 0.2) is 11.6 Å². The van der Waals surface area contributed by atoms with Crippen molar-refractivity contribution in [3.8, 4) is 0 Å². The first-order valence-corrected chi connectivity index (χ1v) is 8.48. The van der Waals surface area contributed by atoms with Gasteiger partial charge in [0, 0.05) is 26.1 Å². The highest BCUT2D eigenvalue weighted by atomic mass is 32.2. The molecule has 0 aliphatic carbocycles. The summed E-state index contributed by atoms with van der Waals surface area (Å²) in [5.41, 5.74) is 0. The molecular weight excluding hydrogens is 330 g/mol. The van der Waals surface area contributed by atoms with Crippen molar-refractivity contribution >= 4 is 15.9 Å². The van der Waals surface area contributed by atoms with Gasteiger partial charge in [-0.2, -0.15) is 4.31 Å². The topological polar surface area (TPSA) is 66.9 Å². The van der Waals surface area contributed by atoms with E-state index in [9.17, 15) is 22.0 Å². The first kappa shape index (κ1) is 17.8. The number of halogens is 2. The second-order valence-corrected chi connectivity index (χ2v) is 7.21. The molecule has 0 atom stereocenters. The zero-order valence-electron chi connectivity index (χ0n) is 12.8. The number of hydrogen-bond acceptors (Lipinski definition) is 4. The smallest absolute Gasteiger partial charge is 0.249 e. The highest BCUT2D eigenvalue weighted by molar-refractivity contribution is 7.89. The summed E-state index contributed by atoms with van der Waals surface area (Å²) in [6.45, 7) is 0.268. The van der Waals surface area contributed by atoms with Gasteiger partial charge in [-0.25, -0.2) is 22.3 Å². The lowest BCUT2D eigenvalue weighted by molar-refractivity contribution is -0.174. The molecule has 0 aromatic heterocycles. The number of carbonyl (C=O) groups excluding carboxylic acids is 1. The van der Waals surface area contributed by atoms with Gasteiger partial charge in [-0.1, -0.05) is 0 Å². The molecule has 0 saturated carbocycles. The maximum absolute atomic E-state index is 13.3. The van der Waals surface area contributed by atoms with E-state index in [1.165, 1.54) is 18.5 Å². The molecule has 0 unspecified atom stereocenters. The second-order valence-electron chi connectivity index (χ2n) is 5.27. The Morgan fingerprint density at radius 2 is 1.87 bits per heavy atom. The molecule has 128 valence electrons. The molecular formula is C14H18F2N2O4S. The third-order valence-corrected chi connectivity index (χ3v) is 5.81. The summed E-state index contributed by atoms with van der Waals surface area (Å²) in [6.07, 6.45) is 0.685. The number of hydroxylamine groups is 2. The Balaban J connectivity index is 2.09. The molecule has 1 amide bonds. The monoisotopic (exact) mass is 348 g/mol. The molecule has 1 saturated heterocycles. The van der Waals surface area contributed by atoms with Crippen molar-refractivity contribution in [2.75, 3.05) is 27.2 Å². The van der Waals surface area contributed by atoms with Crippen LogP contribution in [0.25, 0.3) is 0 Å². The lowest BCUT2D eigenvalue weighted by Gasteiger charge is -2.31. The summed E-state index contributed by atoms with van der Waals surface area (Å²) in [5.74, 6) is -2.84. The Morgan fingerprint density at radius 3 is 2.39 bits per heavy atom. The van der Waals surface area contributed by atoms with Crippen LogP contribution in [-0.4, -0.2) is 50.9 Å². The van der Waals surface area contributed by atoms with Crippen molar-refractivity contribution in [2.24, 2.45) is 5.92 Å². The molecule has 1 fully saturated rings. The van der Waals surface area contributed by atoms with E-state index in [1.807, 2.05) is 0 Å². The molecule has 9 heteroatoms. The van der Waals surface area contributed by atoms with Gasteiger partial charge in [-0.05, 0) is 31.0 Å². The van der Waals surface area contributed by atoms with Crippen LogP contribution in [0.2, 0.25) is 0 Å². The van der Waals surface area contributed by atoms with Crippen LogP contribution in [0.4, 0.5) is 8.78 Å². The van der Waals surface area contributed by atoms with E-state index >= 15 is 0 Å². The first-order chi connectivity index (χ1) is 10.8. The van der Waals surface area contributed by atoms with E-state index in [4.69, 9.17) is 4.84 Å². The Labute approximate surface area is 133 Å². The predicted octanol–water partition coefficient (Wildman–Crippen LogP) is 1.39. The minimum atomic E-state index is -3.91. The van der Waals surface area contributed by atoms with Crippen molar-refractivity contribution in [3.05, 3.63) is 29.8 Å². The van der Waals surface area contributed by atoms with Gasteiger partial charge in [0.25, 0.3) is 0 Å². The minimum Gasteiger partial charge on any atom is -0.275 e. The number of hydrogen-bond donors (Lipinski definition) is 0. The number of nitrogens with zero attached hydrogens (tertiary/aromatic N) is 2. The molecule has 1 aliphatic heterocycles. The summed E-state index contributed by atoms with van der Waals surface area (Å²) in [5, 5.41) is 1.12. The van der Waals surface area contributed by atoms with Gasteiger partial charge in [-0.15, -0.1) is 0 Å². The third-order valence-electron chi connectivity index (χ3n) is 3.92. The average Bonchev–Trinajstić information content (AvgIpc) is 2.55. The van der Waals surface area contributed by atoms with E-state index in [2.05, 4.69) is 0 Å². The number of amides is 1. The van der Waals surface area contributed by atoms with Gasteiger partial charge in [0.1, 0.15) is 0 Å².